The van der Waals surface area contributed by atoms with Crippen LogP contribution in [0.25, 0.3) is 0 Å². The topological polar surface area (TPSA) is 60.0 Å². The molecule has 1 aliphatic carbocycles. The second-order valence-electron chi connectivity index (χ2n) is 7.61. The van der Waals surface area contributed by atoms with Crippen LogP contribution in [-0.2, 0) is 4.79 Å². The van der Waals surface area contributed by atoms with Crippen LogP contribution >= 0.6 is 0 Å². The van der Waals surface area contributed by atoms with Gasteiger partial charge in [0.15, 0.2) is 5.96 Å². The van der Waals surface area contributed by atoms with Gasteiger partial charge in [0.1, 0.15) is 0 Å². The van der Waals surface area contributed by atoms with Gasteiger partial charge in [-0.15, -0.1) is 0 Å². The molecule has 1 aliphatic heterocycles. The van der Waals surface area contributed by atoms with Gasteiger partial charge in [-0.05, 0) is 52.4 Å². The lowest BCUT2D eigenvalue weighted by Gasteiger charge is -2.34. The van der Waals surface area contributed by atoms with E-state index in [1.54, 1.807) is 7.05 Å². The van der Waals surface area contributed by atoms with Crippen molar-refractivity contribution in [2.24, 2.45) is 10.9 Å². The van der Waals surface area contributed by atoms with Gasteiger partial charge in [-0.2, -0.15) is 0 Å². The molecule has 2 rings (SSSR count). The Morgan fingerprint density at radius 3 is 2.44 bits per heavy atom. The summed E-state index contributed by atoms with van der Waals surface area (Å²) in [7, 11) is 1.72. The highest BCUT2D eigenvalue weighted by Gasteiger charge is 2.30. The quantitative estimate of drug-likeness (QED) is 0.516. The molecule has 0 unspecified atom stereocenters. The molecular formula is C19H37N5O. The zero-order valence-corrected chi connectivity index (χ0v) is 16.6. The number of piperidine rings is 1. The van der Waals surface area contributed by atoms with Crippen molar-refractivity contribution in [2.75, 3.05) is 39.8 Å². The van der Waals surface area contributed by atoms with E-state index >= 15 is 0 Å². The van der Waals surface area contributed by atoms with E-state index in [0.29, 0.717) is 18.4 Å². The first-order chi connectivity index (χ1) is 12.0. The fourth-order valence-electron chi connectivity index (χ4n) is 3.68. The van der Waals surface area contributed by atoms with E-state index in [1.807, 2.05) is 0 Å². The van der Waals surface area contributed by atoms with Crippen LogP contribution in [-0.4, -0.2) is 73.5 Å². The molecule has 144 valence electrons. The van der Waals surface area contributed by atoms with Gasteiger partial charge in [-0.25, -0.2) is 0 Å². The van der Waals surface area contributed by atoms with Crippen LogP contribution in [0.1, 0.15) is 52.9 Å². The zero-order chi connectivity index (χ0) is 18.2. The van der Waals surface area contributed by atoms with Crippen LogP contribution in [0.3, 0.4) is 0 Å². The highest BCUT2D eigenvalue weighted by molar-refractivity contribution is 5.80. The summed E-state index contributed by atoms with van der Waals surface area (Å²) in [6.07, 6.45) is 5.49. The van der Waals surface area contributed by atoms with Gasteiger partial charge in [0.2, 0.25) is 5.91 Å². The summed E-state index contributed by atoms with van der Waals surface area (Å²) in [4.78, 5) is 21.4. The van der Waals surface area contributed by atoms with Crippen LogP contribution in [0.4, 0.5) is 0 Å². The number of amides is 1. The van der Waals surface area contributed by atoms with E-state index in [-0.39, 0.29) is 5.91 Å². The van der Waals surface area contributed by atoms with Crippen molar-refractivity contribution in [3.05, 3.63) is 0 Å². The number of carbonyl (C=O) groups excluding carboxylic acids is 1. The Morgan fingerprint density at radius 2 is 1.92 bits per heavy atom. The summed E-state index contributed by atoms with van der Waals surface area (Å²) in [5.74, 6) is 1.71. The molecule has 1 amide bonds. The highest BCUT2D eigenvalue weighted by Crippen LogP contribution is 2.28. The molecular weight excluding hydrogens is 314 g/mol. The van der Waals surface area contributed by atoms with Crippen molar-refractivity contribution >= 4 is 11.9 Å². The van der Waals surface area contributed by atoms with Crippen molar-refractivity contribution in [1.29, 1.82) is 0 Å². The predicted molar refractivity (Wildman–Crippen MR) is 104 cm³/mol. The number of guanidine groups is 1. The minimum Gasteiger partial charge on any atom is -0.359 e. The monoisotopic (exact) mass is 351 g/mol. The van der Waals surface area contributed by atoms with Crippen LogP contribution < -0.4 is 10.6 Å². The lowest BCUT2D eigenvalue weighted by atomic mass is 9.93. The van der Waals surface area contributed by atoms with E-state index in [4.69, 9.17) is 4.99 Å². The number of hydrogen-bond donors (Lipinski definition) is 2. The fourth-order valence-corrected chi connectivity index (χ4v) is 3.68. The number of hydrogen-bond acceptors (Lipinski definition) is 3. The fraction of sp³-hybridized carbons (Fsp3) is 0.895. The average molecular weight is 352 g/mol. The Labute approximate surface area is 153 Å². The number of rotatable bonds is 8. The number of nitrogens with one attached hydrogen (secondary N) is 2. The second-order valence-corrected chi connectivity index (χ2v) is 7.61. The van der Waals surface area contributed by atoms with Crippen molar-refractivity contribution in [3.8, 4) is 0 Å². The molecule has 0 aromatic heterocycles. The molecule has 0 aromatic carbocycles. The lowest BCUT2D eigenvalue weighted by molar-refractivity contribution is -0.121. The first-order valence-corrected chi connectivity index (χ1v) is 10.0. The SMILES string of the molecule is CCNC(=NCCN(C(C)C)C1CC1)N1CCC(CC(=O)NC)CC1. The molecule has 6 heteroatoms. The molecule has 0 bridgehead atoms. The molecule has 0 radical (unpaired) electrons. The number of aliphatic imine (C=N–C) groups is 1. The minimum absolute atomic E-state index is 0.160. The minimum atomic E-state index is 0.160. The Bertz CT molecular complexity index is 437. The van der Waals surface area contributed by atoms with Gasteiger partial charge < -0.3 is 15.5 Å². The van der Waals surface area contributed by atoms with Crippen molar-refractivity contribution in [1.82, 2.24) is 20.4 Å². The van der Waals surface area contributed by atoms with E-state index in [0.717, 1.165) is 57.6 Å². The zero-order valence-electron chi connectivity index (χ0n) is 16.6. The summed E-state index contributed by atoms with van der Waals surface area (Å²) in [6.45, 7) is 11.5. The van der Waals surface area contributed by atoms with Gasteiger partial charge in [0.25, 0.3) is 0 Å². The molecule has 1 saturated heterocycles. The van der Waals surface area contributed by atoms with Gasteiger partial charge in [-0.1, -0.05) is 0 Å². The first kappa shape index (κ1) is 20.0. The number of nitrogens with zero attached hydrogens (tertiary/aromatic N) is 3. The van der Waals surface area contributed by atoms with Gasteiger partial charge in [0, 0.05) is 51.7 Å². The van der Waals surface area contributed by atoms with E-state index < -0.39 is 0 Å². The first-order valence-electron chi connectivity index (χ1n) is 10.0. The Balaban J connectivity index is 1.82. The molecule has 0 aromatic rings. The van der Waals surface area contributed by atoms with Crippen LogP contribution in [0.5, 0.6) is 0 Å². The Hall–Kier alpha value is -1.30. The number of carbonyl (C=O) groups is 1. The van der Waals surface area contributed by atoms with Crippen LogP contribution in [0.2, 0.25) is 0 Å². The molecule has 1 heterocycles. The van der Waals surface area contributed by atoms with Gasteiger partial charge in [0.05, 0.1) is 6.54 Å². The molecule has 0 spiro atoms. The average Bonchev–Trinajstić information content (AvgIpc) is 3.43. The van der Waals surface area contributed by atoms with E-state index in [1.165, 1.54) is 12.8 Å². The summed E-state index contributed by atoms with van der Waals surface area (Å²) in [5, 5.41) is 6.18. The lowest BCUT2D eigenvalue weighted by Crippen LogP contribution is -2.46. The van der Waals surface area contributed by atoms with E-state index in [9.17, 15) is 4.79 Å². The molecule has 0 atom stereocenters. The number of likely N-dealkylation sites (tertiary alicyclic amines) is 1. The third-order valence-electron chi connectivity index (χ3n) is 5.30. The van der Waals surface area contributed by atoms with Gasteiger partial charge in [-0.3, -0.25) is 14.7 Å². The van der Waals surface area contributed by atoms with Crippen LogP contribution in [0.15, 0.2) is 4.99 Å². The maximum Gasteiger partial charge on any atom is 0.220 e. The predicted octanol–water partition coefficient (Wildman–Crippen LogP) is 1.67. The third-order valence-corrected chi connectivity index (χ3v) is 5.30. The standard InChI is InChI=1S/C19H37N5O/c1-5-21-19(22-10-13-24(15(2)3)17-6-7-17)23-11-8-16(9-12-23)14-18(25)20-4/h15-17H,5-14H2,1-4H3,(H,20,25)(H,21,22). The summed E-state index contributed by atoms with van der Waals surface area (Å²) in [6, 6.07) is 1.39. The normalized spacial score (nSPS) is 19.6. The largest absolute Gasteiger partial charge is 0.359 e. The van der Waals surface area contributed by atoms with Crippen molar-refractivity contribution < 1.29 is 4.79 Å². The maximum atomic E-state index is 11.6. The maximum absolute atomic E-state index is 11.6. The molecule has 25 heavy (non-hydrogen) atoms. The Kier molecular flexibility index (Phi) is 8.00. The van der Waals surface area contributed by atoms with E-state index in [2.05, 4.69) is 41.2 Å². The molecule has 2 aliphatic rings. The second kappa shape index (κ2) is 10.00. The molecule has 1 saturated carbocycles. The van der Waals surface area contributed by atoms with Gasteiger partial charge >= 0.3 is 0 Å². The molecule has 2 N–H and O–H groups in total. The molecule has 2 fully saturated rings. The summed E-state index contributed by atoms with van der Waals surface area (Å²) in [5.41, 5.74) is 0. The van der Waals surface area contributed by atoms with Crippen molar-refractivity contribution in [2.45, 2.75) is 65.0 Å². The van der Waals surface area contributed by atoms with Crippen molar-refractivity contribution in [3.63, 3.8) is 0 Å². The Morgan fingerprint density at radius 1 is 1.24 bits per heavy atom. The summed E-state index contributed by atoms with van der Waals surface area (Å²) < 4.78 is 0. The third kappa shape index (κ3) is 6.49. The molecule has 6 nitrogen and oxygen atoms in total. The van der Waals surface area contributed by atoms with Crippen LogP contribution in [0, 0.1) is 5.92 Å². The summed E-state index contributed by atoms with van der Waals surface area (Å²) >= 11 is 0. The highest BCUT2D eigenvalue weighted by atomic mass is 16.1. The smallest absolute Gasteiger partial charge is 0.220 e.